The molecule has 0 spiro atoms. The summed E-state index contributed by atoms with van der Waals surface area (Å²) in [5, 5.41) is 5.75. The summed E-state index contributed by atoms with van der Waals surface area (Å²) in [5.41, 5.74) is 0.137. The summed E-state index contributed by atoms with van der Waals surface area (Å²) in [6.07, 6.45) is 1.88. The molecule has 96 valence electrons. The third-order valence-electron chi connectivity index (χ3n) is 3.14. The zero-order valence-electron chi connectivity index (χ0n) is 9.79. The van der Waals surface area contributed by atoms with E-state index in [4.69, 9.17) is 0 Å². The van der Waals surface area contributed by atoms with Gasteiger partial charge in [-0.15, -0.1) is 0 Å². The largest absolute Gasteiger partial charge is 0.401 e. The lowest BCUT2D eigenvalue weighted by Gasteiger charge is -2.34. The van der Waals surface area contributed by atoms with Gasteiger partial charge in [0.25, 0.3) is 0 Å². The van der Waals surface area contributed by atoms with Crippen molar-refractivity contribution in [3.8, 4) is 0 Å². The zero-order valence-corrected chi connectivity index (χ0v) is 9.79. The summed E-state index contributed by atoms with van der Waals surface area (Å²) >= 11 is 0. The van der Waals surface area contributed by atoms with Crippen LogP contribution in [0, 0.1) is 0 Å². The van der Waals surface area contributed by atoms with Gasteiger partial charge in [-0.3, -0.25) is 0 Å². The summed E-state index contributed by atoms with van der Waals surface area (Å²) in [5.74, 6) is 0. The second kappa shape index (κ2) is 5.87. The van der Waals surface area contributed by atoms with Gasteiger partial charge in [-0.05, 0) is 19.8 Å². The third-order valence-corrected chi connectivity index (χ3v) is 3.14. The fraction of sp³-hybridized carbons (Fsp3) is 1.00. The van der Waals surface area contributed by atoms with Crippen LogP contribution < -0.4 is 10.6 Å². The fourth-order valence-corrected chi connectivity index (χ4v) is 2.19. The lowest BCUT2D eigenvalue weighted by Crippen LogP contribution is -2.47. The highest BCUT2D eigenvalue weighted by atomic mass is 19.4. The van der Waals surface area contributed by atoms with Crippen molar-refractivity contribution in [1.82, 2.24) is 10.6 Å². The highest BCUT2D eigenvalue weighted by molar-refractivity contribution is 4.86. The topological polar surface area (TPSA) is 24.1 Å². The minimum Gasteiger partial charge on any atom is -0.310 e. The van der Waals surface area contributed by atoms with Gasteiger partial charge in [-0.1, -0.05) is 19.3 Å². The van der Waals surface area contributed by atoms with Gasteiger partial charge in [0.15, 0.2) is 0 Å². The van der Waals surface area contributed by atoms with E-state index in [1.54, 1.807) is 0 Å². The maximum atomic E-state index is 11.8. The van der Waals surface area contributed by atoms with Gasteiger partial charge in [-0.2, -0.15) is 13.2 Å². The van der Waals surface area contributed by atoms with Crippen molar-refractivity contribution < 1.29 is 13.2 Å². The molecule has 0 aromatic carbocycles. The Morgan fingerprint density at radius 3 is 2.25 bits per heavy atom. The van der Waals surface area contributed by atoms with E-state index in [0.717, 1.165) is 12.8 Å². The molecule has 1 rings (SSSR count). The Kier molecular flexibility index (Phi) is 5.05. The highest BCUT2D eigenvalue weighted by Crippen LogP contribution is 2.27. The van der Waals surface area contributed by atoms with E-state index < -0.39 is 12.7 Å². The Bertz CT molecular complexity index is 198. The van der Waals surface area contributed by atoms with Crippen LogP contribution in [0.15, 0.2) is 0 Å². The number of hydrogen-bond acceptors (Lipinski definition) is 2. The second-order valence-electron chi connectivity index (χ2n) is 4.84. The minimum absolute atomic E-state index is 0.137. The van der Waals surface area contributed by atoms with Crippen LogP contribution in [-0.2, 0) is 0 Å². The predicted octanol–water partition coefficient (Wildman–Crippen LogP) is 2.45. The van der Waals surface area contributed by atoms with Gasteiger partial charge in [0, 0.05) is 18.6 Å². The molecule has 2 N–H and O–H groups in total. The Labute approximate surface area is 95.0 Å². The first-order chi connectivity index (χ1) is 7.41. The van der Waals surface area contributed by atoms with Crippen molar-refractivity contribution >= 4 is 0 Å². The standard InChI is InChI=1S/C11H21F3N2/c1-10(5-3-2-4-6-10)16-8-7-15-9-11(12,13)14/h15-16H,2-9H2,1H3. The van der Waals surface area contributed by atoms with E-state index >= 15 is 0 Å². The summed E-state index contributed by atoms with van der Waals surface area (Å²) in [6, 6.07) is 0. The van der Waals surface area contributed by atoms with Crippen LogP contribution in [0.2, 0.25) is 0 Å². The number of nitrogens with one attached hydrogen (secondary N) is 2. The number of halogens is 3. The molecule has 0 atom stereocenters. The molecule has 0 aromatic rings. The van der Waals surface area contributed by atoms with Crippen LogP contribution in [0.25, 0.3) is 0 Å². The van der Waals surface area contributed by atoms with Gasteiger partial charge in [0.2, 0.25) is 0 Å². The van der Waals surface area contributed by atoms with E-state index in [-0.39, 0.29) is 5.54 Å². The Balaban J connectivity index is 2.06. The molecule has 0 unspecified atom stereocenters. The second-order valence-corrected chi connectivity index (χ2v) is 4.84. The van der Waals surface area contributed by atoms with Crippen LogP contribution >= 0.6 is 0 Å². The first-order valence-corrected chi connectivity index (χ1v) is 5.94. The monoisotopic (exact) mass is 238 g/mol. The van der Waals surface area contributed by atoms with Crippen molar-refractivity contribution in [2.45, 2.75) is 50.7 Å². The lowest BCUT2D eigenvalue weighted by atomic mass is 9.83. The summed E-state index contributed by atoms with van der Waals surface area (Å²) in [6.45, 7) is 2.24. The molecule has 1 aliphatic rings. The van der Waals surface area contributed by atoms with Gasteiger partial charge in [-0.25, -0.2) is 0 Å². The molecule has 1 aliphatic carbocycles. The molecule has 0 amide bonds. The summed E-state index contributed by atoms with van der Waals surface area (Å²) in [4.78, 5) is 0. The molecule has 0 saturated heterocycles. The molecular formula is C11H21F3N2. The summed E-state index contributed by atoms with van der Waals surface area (Å²) < 4.78 is 35.5. The van der Waals surface area contributed by atoms with Gasteiger partial charge >= 0.3 is 6.18 Å². The van der Waals surface area contributed by atoms with Crippen LogP contribution in [0.3, 0.4) is 0 Å². The Morgan fingerprint density at radius 2 is 1.69 bits per heavy atom. The molecular weight excluding hydrogens is 217 g/mol. The molecule has 0 aromatic heterocycles. The van der Waals surface area contributed by atoms with E-state index in [1.165, 1.54) is 19.3 Å². The van der Waals surface area contributed by atoms with Crippen molar-refractivity contribution in [3.05, 3.63) is 0 Å². The van der Waals surface area contributed by atoms with Crippen LogP contribution in [0.1, 0.15) is 39.0 Å². The molecule has 0 heterocycles. The molecule has 1 fully saturated rings. The van der Waals surface area contributed by atoms with Crippen molar-refractivity contribution in [1.29, 1.82) is 0 Å². The number of hydrogen-bond donors (Lipinski definition) is 2. The van der Waals surface area contributed by atoms with Gasteiger partial charge in [0.05, 0.1) is 6.54 Å². The van der Waals surface area contributed by atoms with E-state index in [2.05, 4.69) is 17.6 Å². The Hall–Kier alpha value is -0.290. The predicted molar refractivity (Wildman–Crippen MR) is 58.4 cm³/mol. The maximum Gasteiger partial charge on any atom is 0.401 e. The normalized spacial score (nSPS) is 21.0. The van der Waals surface area contributed by atoms with Crippen molar-refractivity contribution in [2.24, 2.45) is 0 Å². The average Bonchev–Trinajstić information content (AvgIpc) is 2.16. The van der Waals surface area contributed by atoms with Gasteiger partial charge < -0.3 is 10.6 Å². The van der Waals surface area contributed by atoms with Gasteiger partial charge in [0.1, 0.15) is 0 Å². The minimum atomic E-state index is -4.10. The van der Waals surface area contributed by atoms with E-state index in [9.17, 15) is 13.2 Å². The van der Waals surface area contributed by atoms with Crippen molar-refractivity contribution in [2.75, 3.05) is 19.6 Å². The molecule has 2 nitrogen and oxygen atoms in total. The Morgan fingerprint density at radius 1 is 1.06 bits per heavy atom. The third kappa shape index (κ3) is 5.70. The highest BCUT2D eigenvalue weighted by Gasteiger charge is 2.27. The molecule has 16 heavy (non-hydrogen) atoms. The number of rotatable bonds is 5. The number of alkyl halides is 3. The van der Waals surface area contributed by atoms with Crippen LogP contribution in [-0.4, -0.2) is 31.3 Å². The summed E-state index contributed by atoms with van der Waals surface area (Å²) in [7, 11) is 0. The van der Waals surface area contributed by atoms with E-state index in [0.29, 0.717) is 13.1 Å². The first kappa shape index (κ1) is 13.8. The molecule has 0 bridgehead atoms. The quantitative estimate of drug-likeness (QED) is 0.719. The van der Waals surface area contributed by atoms with E-state index in [1.807, 2.05) is 0 Å². The fourth-order valence-electron chi connectivity index (χ4n) is 2.19. The zero-order chi connectivity index (χ0) is 12.1. The van der Waals surface area contributed by atoms with Crippen LogP contribution in [0.4, 0.5) is 13.2 Å². The average molecular weight is 238 g/mol. The molecule has 0 aliphatic heterocycles. The SMILES string of the molecule is CC1(NCCNCC(F)(F)F)CCCCC1. The van der Waals surface area contributed by atoms with Crippen LogP contribution in [0.5, 0.6) is 0 Å². The van der Waals surface area contributed by atoms with Crippen molar-refractivity contribution in [3.63, 3.8) is 0 Å². The smallest absolute Gasteiger partial charge is 0.310 e. The molecule has 5 heteroatoms. The lowest BCUT2D eigenvalue weighted by molar-refractivity contribution is -0.124. The molecule has 1 saturated carbocycles. The molecule has 0 radical (unpaired) electrons. The maximum absolute atomic E-state index is 11.8. The first-order valence-electron chi connectivity index (χ1n) is 5.94.